The van der Waals surface area contributed by atoms with Crippen LogP contribution in [0.4, 0.5) is 0 Å². The molecule has 90 valence electrons. The summed E-state index contributed by atoms with van der Waals surface area (Å²) < 4.78 is 0. The third-order valence-electron chi connectivity index (χ3n) is 3.30. The predicted octanol–water partition coefficient (Wildman–Crippen LogP) is 3.84. The second kappa shape index (κ2) is 4.58. The van der Waals surface area contributed by atoms with Crippen molar-refractivity contribution in [3.05, 3.63) is 35.5 Å². The highest BCUT2D eigenvalue weighted by Gasteiger charge is 2.22. The van der Waals surface area contributed by atoms with Crippen LogP contribution in [0, 0.1) is 5.41 Å². The van der Waals surface area contributed by atoms with E-state index < -0.39 is 0 Å². The minimum atomic E-state index is -0.0204. The zero-order chi connectivity index (χ0) is 12.4. The summed E-state index contributed by atoms with van der Waals surface area (Å²) in [5.41, 5.74) is 3.09. The first-order valence-corrected chi connectivity index (χ1v) is 6.13. The summed E-state index contributed by atoms with van der Waals surface area (Å²) in [6.07, 6.45) is 10.2. The van der Waals surface area contributed by atoms with Gasteiger partial charge in [0.2, 0.25) is 0 Å². The van der Waals surface area contributed by atoms with Crippen LogP contribution in [0.25, 0.3) is 0 Å². The molecule has 0 saturated carbocycles. The molecule has 1 unspecified atom stereocenters. The van der Waals surface area contributed by atoms with Crippen molar-refractivity contribution in [1.82, 2.24) is 5.32 Å². The van der Waals surface area contributed by atoms with Crippen LogP contribution in [0.1, 0.15) is 41.0 Å². The van der Waals surface area contributed by atoms with Gasteiger partial charge in [-0.1, -0.05) is 52.0 Å². The normalized spacial score (nSPS) is 26.1. The Hall–Kier alpha value is -0.820. The zero-order valence-electron chi connectivity index (χ0n) is 11.5. The van der Waals surface area contributed by atoms with Gasteiger partial charge in [-0.2, -0.15) is 0 Å². The van der Waals surface area contributed by atoms with Gasteiger partial charge in [-0.3, -0.25) is 0 Å². The Kier molecular flexibility index (Phi) is 3.80. The molecule has 0 aromatic heterocycles. The van der Waals surface area contributed by atoms with Gasteiger partial charge in [-0.25, -0.2) is 0 Å². The van der Waals surface area contributed by atoms with E-state index in [2.05, 4.69) is 64.2 Å². The van der Waals surface area contributed by atoms with Crippen molar-refractivity contribution in [2.45, 2.75) is 46.6 Å². The van der Waals surface area contributed by atoms with Gasteiger partial charge in [0.1, 0.15) is 0 Å². The Morgan fingerprint density at radius 2 is 1.75 bits per heavy atom. The molecule has 16 heavy (non-hydrogen) atoms. The van der Waals surface area contributed by atoms with Crippen molar-refractivity contribution >= 4 is 0 Å². The fraction of sp³-hybridized carbons (Fsp3) is 0.600. The van der Waals surface area contributed by atoms with E-state index in [1.165, 1.54) is 11.1 Å². The van der Waals surface area contributed by atoms with Crippen LogP contribution in [0.3, 0.4) is 0 Å². The molecular weight excluding hydrogens is 194 g/mol. The average molecular weight is 219 g/mol. The number of nitrogens with one attached hydrogen (secondary N) is 1. The van der Waals surface area contributed by atoms with E-state index in [9.17, 15) is 0 Å². The highest BCUT2D eigenvalue weighted by atomic mass is 14.9. The molecule has 0 aromatic rings. The number of rotatable bonds is 2. The number of hydrogen-bond donors (Lipinski definition) is 1. The molecule has 0 amide bonds. The monoisotopic (exact) mass is 219 g/mol. The number of hydrogen-bond acceptors (Lipinski definition) is 1. The van der Waals surface area contributed by atoms with E-state index in [4.69, 9.17) is 0 Å². The topological polar surface area (TPSA) is 12.0 Å². The van der Waals surface area contributed by atoms with Gasteiger partial charge in [-0.05, 0) is 37.0 Å². The summed E-state index contributed by atoms with van der Waals surface area (Å²) in [7, 11) is 2.00. The number of likely N-dealkylation sites (N-methyl/N-ethyl adjacent to an activating group) is 1. The van der Waals surface area contributed by atoms with Crippen molar-refractivity contribution in [3.8, 4) is 0 Å². The number of allylic oxidation sites excluding steroid dienone is 4. The molecule has 0 bridgehead atoms. The maximum atomic E-state index is 3.34. The molecule has 0 aromatic carbocycles. The molecule has 0 radical (unpaired) electrons. The summed E-state index contributed by atoms with van der Waals surface area (Å²) in [4.78, 5) is 0. The summed E-state index contributed by atoms with van der Waals surface area (Å²) in [6.45, 7) is 11.2. The van der Waals surface area contributed by atoms with E-state index in [0.29, 0.717) is 0 Å². The molecular formula is C15H25N. The van der Waals surface area contributed by atoms with Gasteiger partial charge in [0.05, 0.1) is 5.54 Å². The fourth-order valence-electron chi connectivity index (χ4n) is 1.99. The summed E-state index contributed by atoms with van der Waals surface area (Å²) >= 11 is 0. The van der Waals surface area contributed by atoms with Gasteiger partial charge in [0.15, 0.2) is 0 Å². The van der Waals surface area contributed by atoms with Gasteiger partial charge in [-0.15, -0.1) is 0 Å². The molecule has 1 aliphatic carbocycles. The first-order valence-electron chi connectivity index (χ1n) is 6.13. The first-order chi connectivity index (χ1) is 7.32. The quantitative estimate of drug-likeness (QED) is 0.744. The van der Waals surface area contributed by atoms with E-state index >= 15 is 0 Å². The van der Waals surface area contributed by atoms with E-state index in [-0.39, 0.29) is 11.0 Å². The van der Waals surface area contributed by atoms with Gasteiger partial charge in [0, 0.05) is 0 Å². The summed E-state index contributed by atoms with van der Waals surface area (Å²) in [5.74, 6) is 0. The molecule has 0 aliphatic heterocycles. The standard InChI is InChI=1S/C15H25N/c1-7-12-8-10-15(5,16-6)11-9-13(12)14(2,3)4/h8-11,16H,7H2,1-6H3. The van der Waals surface area contributed by atoms with Crippen LogP contribution in [-0.4, -0.2) is 12.6 Å². The molecule has 0 fully saturated rings. The minimum Gasteiger partial charge on any atom is -0.308 e. The van der Waals surface area contributed by atoms with Crippen LogP contribution in [0.2, 0.25) is 0 Å². The Morgan fingerprint density at radius 1 is 1.19 bits per heavy atom. The van der Waals surface area contributed by atoms with Gasteiger partial charge < -0.3 is 5.32 Å². The molecule has 0 spiro atoms. The SMILES string of the molecule is CCC1=C(C(C)(C)C)C=CC(C)(NC)C=C1. The van der Waals surface area contributed by atoms with Crippen molar-refractivity contribution in [3.63, 3.8) is 0 Å². The van der Waals surface area contributed by atoms with E-state index in [1.807, 2.05) is 7.05 Å². The Morgan fingerprint density at radius 3 is 2.19 bits per heavy atom. The molecule has 0 saturated heterocycles. The lowest BCUT2D eigenvalue weighted by atomic mass is 9.82. The maximum absolute atomic E-state index is 3.34. The average Bonchev–Trinajstić information content (AvgIpc) is 2.37. The molecule has 1 N–H and O–H groups in total. The van der Waals surface area contributed by atoms with Gasteiger partial charge >= 0.3 is 0 Å². The lowest BCUT2D eigenvalue weighted by molar-refractivity contribution is 0.510. The van der Waals surface area contributed by atoms with Crippen molar-refractivity contribution in [2.75, 3.05) is 7.05 Å². The smallest absolute Gasteiger partial charge is 0.0525 e. The van der Waals surface area contributed by atoms with Crippen LogP contribution in [0.15, 0.2) is 35.5 Å². The second-order valence-electron chi connectivity index (χ2n) is 5.74. The fourth-order valence-corrected chi connectivity index (χ4v) is 1.99. The van der Waals surface area contributed by atoms with E-state index in [1.54, 1.807) is 0 Å². The van der Waals surface area contributed by atoms with Crippen molar-refractivity contribution in [1.29, 1.82) is 0 Å². The Labute approximate surface area is 100 Å². The molecule has 1 atom stereocenters. The van der Waals surface area contributed by atoms with Gasteiger partial charge in [0.25, 0.3) is 0 Å². The first kappa shape index (κ1) is 13.2. The molecule has 1 rings (SSSR count). The molecule has 1 heteroatoms. The third-order valence-corrected chi connectivity index (χ3v) is 3.30. The summed E-state index contributed by atoms with van der Waals surface area (Å²) in [5, 5.41) is 3.34. The summed E-state index contributed by atoms with van der Waals surface area (Å²) in [6, 6.07) is 0. The Balaban J connectivity index is 3.20. The van der Waals surface area contributed by atoms with Crippen LogP contribution >= 0.6 is 0 Å². The van der Waals surface area contributed by atoms with E-state index in [0.717, 1.165) is 6.42 Å². The lowest BCUT2D eigenvalue weighted by Crippen LogP contribution is -2.34. The highest BCUT2D eigenvalue weighted by molar-refractivity contribution is 5.42. The molecule has 0 heterocycles. The molecule has 1 nitrogen and oxygen atoms in total. The second-order valence-corrected chi connectivity index (χ2v) is 5.74. The van der Waals surface area contributed by atoms with Crippen molar-refractivity contribution in [2.24, 2.45) is 5.41 Å². The van der Waals surface area contributed by atoms with Crippen LogP contribution < -0.4 is 5.32 Å². The lowest BCUT2D eigenvalue weighted by Gasteiger charge is -2.23. The maximum Gasteiger partial charge on any atom is 0.0525 e. The van der Waals surface area contributed by atoms with Crippen LogP contribution in [0.5, 0.6) is 0 Å². The third kappa shape index (κ3) is 2.85. The van der Waals surface area contributed by atoms with Crippen LogP contribution in [-0.2, 0) is 0 Å². The minimum absolute atomic E-state index is 0.0204. The highest BCUT2D eigenvalue weighted by Crippen LogP contribution is 2.33. The van der Waals surface area contributed by atoms with Crippen molar-refractivity contribution < 1.29 is 0 Å². The molecule has 1 aliphatic rings. The largest absolute Gasteiger partial charge is 0.308 e. The predicted molar refractivity (Wildman–Crippen MR) is 72.5 cm³/mol. The zero-order valence-corrected chi connectivity index (χ0v) is 11.5. The Bertz CT molecular complexity index is 339.